The maximum absolute atomic E-state index is 2.57. The van der Waals surface area contributed by atoms with E-state index in [1.165, 1.54) is 87.5 Å². The summed E-state index contributed by atoms with van der Waals surface area (Å²) < 4.78 is 0. The lowest BCUT2D eigenvalue weighted by Gasteiger charge is -2.31. The van der Waals surface area contributed by atoms with Crippen LogP contribution in [0.4, 0.5) is 17.1 Å². The Labute approximate surface area is 303 Å². The third-order valence-corrected chi connectivity index (χ3v) is 19.1. The van der Waals surface area contributed by atoms with Crippen LogP contribution in [0.3, 0.4) is 0 Å². The van der Waals surface area contributed by atoms with Crippen LogP contribution in [0.25, 0.3) is 33.4 Å². The normalized spacial score (nSPS) is 15.1. The van der Waals surface area contributed by atoms with Crippen molar-refractivity contribution in [1.29, 1.82) is 0 Å². The molecule has 0 unspecified atom stereocenters. The Morgan fingerprint density at radius 2 is 0.843 bits per heavy atom. The molecule has 0 N–H and O–H groups in total. The summed E-state index contributed by atoms with van der Waals surface area (Å²) in [5.74, 6) is 0. The summed E-state index contributed by atoms with van der Waals surface area (Å²) in [4.78, 5) is 2.52. The molecule has 1 spiro atoms. The van der Waals surface area contributed by atoms with Gasteiger partial charge in [-0.15, -0.1) is 0 Å². The van der Waals surface area contributed by atoms with Gasteiger partial charge < -0.3 is 4.90 Å². The molecule has 0 saturated heterocycles. The molecule has 2 aliphatic heterocycles. The van der Waals surface area contributed by atoms with Crippen LogP contribution in [0, 0.1) is 0 Å². The smallest absolute Gasteiger partial charge is 0.182 e. The summed E-state index contributed by atoms with van der Waals surface area (Å²) in [6.45, 7) is 12.1. The highest BCUT2D eigenvalue weighted by atomic mass is 28.3. The second-order valence-corrected chi connectivity index (χ2v) is 24.9. The van der Waals surface area contributed by atoms with Gasteiger partial charge in [-0.25, -0.2) is 0 Å². The van der Waals surface area contributed by atoms with Crippen molar-refractivity contribution in [2.75, 3.05) is 4.90 Å². The van der Waals surface area contributed by atoms with Gasteiger partial charge in [0, 0.05) is 22.5 Å². The monoisotopic (exact) mass is 687 g/mol. The first-order chi connectivity index (χ1) is 24.7. The van der Waals surface area contributed by atoms with Crippen LogP contribution in [-0.2, 0) is 5.41 Å². The van der Waals surface area contributed by atoms with E-state index in [4.69, 9.17) is 0 Å². The highest BCUT2D eigenvalue weighted by Crippen LogP contribution is 2.50. The van der Waals surface area contributed by atoms with E-state index in [0.717, 1.165) is 0 Å². The Morgan fingerprint density at radius 1 is 0.412 bits per heavy atom. The average Bonchev–Trinajstić information content (AvgIpc) is 3.70. The highest BCUT2D eigenvalue weighted by molar-refractivity contribution is 7.24. The molecular formula is C48H41NSi2. The van der Waals surface area contributed by atoms with Crippen molar-refractivity contribution in [3.63, 3.8) is 0 Å². The van der Waals surface area contributed by atoms with Crippen molar-refractivity contribution in [2.24, 2.45) is 0 Å². The van der Waals surface area contributed by atoms with Crippen LogP contribution in [0.5, 0.6) is 0 Å². The molecule has 3 heteroatoms. The Morgan fingerprint density at radius 3 is 1.41 bits per heavy atom. The van der Waals surface area contributed by atoms with Crippen molar-refractivity contribution < 1.29 is 0 Å². The quantitative estimate of drug-likeness (QED) is 0.167. The summed E-state index contributed by atoms with van der Waals surface area (Å²) >= 11 is 0. The van der Waals surface area contributed by atoms with E-state index < -0.39 is 16.1 Å². The molecule has 1 aliphatic carbocycles. The summed E-state index contributed by atoms with van der Waals surface area (Å²) in [5.41, 5.74) is 14.6. The van der Waals surface area contributed by atoms with E-state index in [1.54, 1.807) is 0 Å². The Kier molecular flexibility index (Phi) is 6.38. The second kappa shape index (κ2) is 10.6. The van der Waals surface area contributed by atoms with Crippen LogP contribution in [0.2, 0.25) is 19.6 Å². The first-order valence-corrected chi connectivity index (χ1v) is 23.8. The van der Waals surface area contributed by atoms with Gasteiger partial charge in [0.2, 0.25) is 0 Å². The molecule has 0 fully saturated rings. The maximum Gasteiger partial charge on any atom is 0.182 e. The Balaban J connectivity index is 1.23. The van der Waals surface area contributed by atoms with Crippen molar-refractivity contribution in [3.8, 4) is 33.4 Å². The van der Waals surface area contributed by atoms with Crippen molar-refractivity contribution in [2.45, 2.75) is 38.9 Å². The molecule has 51 heavy (non-hydrogen) atoms. The molecule has 0 saturated carbocycles. The van der Waals surface area contributed by atoms with E-state index >= 15 is 0 Å². The fourth-order valence-corrected chi connectivity index (χ4v) is 16.4. The molecule has 7 aromatic carbocycles. The van der Waals surface area contributed by atoms with Crippen LogP contribution < -0.4 is 30.8 Å². The topological polar surface area (TPSA) is 3.24 Å². The minimum absolute atomic E-state index is 0.0802. The predicted molar refractivity (Wildman–Crippen MR) is 223 cm³/mol. The number of hydrogen-bond acceptors (Lipinski definition) is 1. The number of hydrogen-bond donors (Lipinski definition) is 0. The molecule has 3 aliphatic rings. The number of anilines is 3. The lowest BCUT2D eigenvalue weighted by Crippen LogP contribution is -2.70. The molecular weight excluding hydrogens is 647 g/mol. The number of fused-ring (bicyclic) bond motifs is 13. The first-order valence-electron chi connectivity index (χ1n) is 18.3. The van der Waals surface area contributed by atoms with Crippen molar-refractivity contribution in [3.05, 3.63) is 169 Å². The molecule has 0 bridgehead atoms. The zero-order valence-corrected chi connectivity index (χ0v) is 32.0. The SMILES string of the molecule is CC1(C)c2ccccc2-c2ccc(N(c3ccc([Si](C)(C)C)cc3)c3ccc4c(c3)[Si]3(c5ccccc5-c5ccccc53)c3ccccc3-4)cc21. The Hall–Kier alpha value is -5.23. The van der Waals surface area contributed by atoms with Gasteiger partial charge in [-0.3, -0.25) is 0 Å². The fourth-order valence-electron chi connectivity index (χ4n) is 9.61. The third kappa shape index (κ3) is 4.13. The lowest BCUT2D eigenvalue weighted by atomic mass is 9.82. The summed E-state index contributed by atoms with van der Waals surface area (Å²) in [5, 5.41) is 7.51. The van der Waals surface area contributed by atoms with Gasteiger partial charge in [0.05, 0.1) is 8.07 Å². The van der Waals surface area contributed by atoms with E-state index in [2.05, 4.69) is 196 Å². The van der Waals surface area contributed by atoms with E-state index in [9.17, 15) is 0 Å². The molecule has 0 atom stereocenters. The largest absolute Gasteiger partial charge is 0.310 e. The minimum atomic E-state index is -2.57. The van der Waals surface area contributed by atoms with Gasteiger partial charge >= 0.3 is 0 Å². The van der Waals surface area contributed by atoms with E-state index in [1.807, 2.05) is 0 Å². The van der Waals surface area contributed by atoms with Gasteiger partial charge in [0.1, 0.15) is 0 Å². The van der Waals surface area contributed by atoms with Gasteiger partial charge in [0.15, 0.2) is 8.07 Å². The standard InChI is InChI=1S/C48H41NSi2/c1-48(2)42-18-10-6-14-36(42)37-28-24-33(30-43(37)48)49(32-22-26-35(27-23-32)50(3,4)5)34-25-29-41-40-17-9-13-21-46(40)51(47(41)31-34)44-19-11-7-15-38(44)39-16-8-12-20-45(39)51/h6-31H,1-5H3. The van der Waals surface area contributed by atoms with Gasteiger partial charge in [-0.1, -0.05) is 160 Å². The molecule has 1 nitrogen and oxygen atoms in total. The lowest BCUT2D eigenvalue weighted by molar-refractivity contribution is 0.660. The average molecular weight is 688 g/mol. The second-order valence-electron chi connectivity index (χ2n) is 16.1. The highest BCUT2D eigenvalue weighted by Gasteiger charge is 2.54. The number of rotatable bonds is 4. The van der Waals surface area contributed by atoms with Gasteiger partial charge in [0.25, 0.3) is 0 Å². The molecule has 246 valence electrons. The molecule has 10 rings (SSSR count). The molecule has 0 amide bonds. The van der Waals surface area contributed by atoms with E-state index in [-0.39, 0.29) is 5.41 Å². The van der Waals surface area contributed by atoms with Crippen LogP contribution in [0.15, 0.2) is 158 Å². The van der Waals surface area contributed by atoms with Gasteiger partial charge in [-0.2, -0.15) is 0 Å². The Bertz CT molecular complexity index is 2490. The molecule has 2 heterocycles. The van der Waals surface area contributed by atoms with Crippen LogP contribution >= 0.6 is 0 Å². The first kappa shape index (κ1) is 30.6. The summed E-state index contributed by atoms with van der Waals surface area (Å²) in [6.07, 6.45) is 0. The van der Waals surface area contributed by atoms with Crippen molar-refractivity contribution >= 4 is 59.1 Å². The zero-order valence-electron chi connectivity index (χ0n) is 30.0. The predicted octanol–water partition coefficient (Wildman–Crippen LogP) is 9.35. The van der Waals surface area contributed by atoms with Crippen molar-refractivity contribution in [1.82, 2.24) is 0 Å². The van der Waals surface area contributed by atoms with E-state index in [0.29, 0.717) is 0 Å². The molecule has 0 radical (unpaired) electrons. The number of benzene rings is 7. The fraction of sp³-hybridized carbons (Fsp3) is 0.125. The van der Waals surface area contributed by atoms with Crippen LogP contribution in [0.1, 0.15) is 25.0 Å². The zero-order chi connectivity index (χ0) is 34.7. The van der Waals surface area contributed by atoms with Crippen LogP contribution in [-0.4, -0.2) is 16.1 Å². The molecule has 7 aromatic rings. The minimum Gasteiger partial charge on any atom is -0.310 e. The summed E-state index contributed by atoms with van der Waals surface area (Å²) in [7, 11) is -4.04. The molecule has 0 aromatic heterocycles. The maximum atomic E-state index is 2.57. The number of nitrogens with zero attached hydrogens (tertiary/aromatic N) is 1. The third-order valence-electron chi connectivity index (χ3n) is 12.1. The van der Waals surface area contributed by atoms with Gasteiger partial charge in [-0.05, 0) is 102 Å². The summed E-state index contributed by atoms with van der Waals surface area (Å²) in [6, 6.07) is 60.7.